The summed E-state index contributed by atoms with van der Waals surface area (Å²) in [5, 5.41) is 9.52. The van der Waals surface area contributed by atoms with Crippen LogP contribution in [0, 0.1) is 0 Å². The number of carbonyl (C=O) groups is 3. The van der Waals surface area contributed by atoms with Gasteiger partial charge in [0.2, 0.25) is 11.6 Å². The second kappa shape index (κ2) is 5.20. The molecule has 0 atom stereocenters. The normalized spacial score (nSPS) is 12.7. The highest BCUT2D eigenvalue weighted by molar-refractivity contribution is 7.12. The van der Waals surface area contributed by atoms with Crippen LogP contribution < -0.4 is 0 Å². The van der Waals surface area contributed by atoms with Crippen LogP contribution in [-0.2, 0) is 4.74 Å². The Balaban J connectivity index is 1.82. The number of rotatable bonds is 2. The Labute approximate surface area is 139 Å². The maximum atomic E-state index is 12.7. The zero-order valence-electron chi connectivity index (χ0n) is 12.3. The van der Waals surface area contributed by atoms with E-state index in [9.17, 15) is 14.4 Å². The third-order valence-electron chi connectivity index (χ3n) is 3.75. The molecule has 1 aromatic carbocycles. The summed E-state index contributed by atoms with van der Waals surface area (Å²) in [6.45, 7) is 0. The van der Waals surface area contributed by atoms with Gasteiger partial charge in [-0.1, -0.05) is 5.21 Å². The number of methoxy groups -OCH3 is 1. The summed E-state index contributed by atoms with van der Waals surface area (Å²) in [5.41, 5.74) is 1.45. The largest absolute Gasteiger partial charge is 0.465 e. The molecule has 0 fully saturated rings. The van der Waals surface area contributed by atoms with E-state index in [2.05, 4.69) is 15.0 Å². The van der Waals surface area contributed by atoms with Crippen LogP contribution in [0.25, 0.3) is 5.69 Å². The van der Waals surface area contributed by atoms with Gasteiger partial charge in [0.1, 0.15) is 5.69 Å². The molecular formula is C16H9N3O4S. The van der Waals surface area contributed by atoms with Gasteiger partial charge in [-0.25, -0.2) is 9.48 Å². The summed E-state index contributed by atoms with van der Waals surface area (Å²) < 4.78 is 5.96. The topological polar surface area (TPSA) is 91.2 Å². The molecule has 3 aromatic rings. The molecule has 0 saturated heterocycles. The van der Waals surface area contributed by atoms with Gasteiger partial charge in [-0.3, -0.25) is 9.59 Å². The third kappa shape index (κ3) is 1.93. The van der Waals surface area contributed by atoms with Gasteiger partial charge in [0.05, 0.1) is 23.2 Å². The summed E-state index contributed by atoms with van der Waals surface area (Å²) in [5.74, 6) is -1.05. The Morgan fingerprint density at radius 1 is 1.12 bits per heavy atom. The van der Waals surface area contributed by atoms with E-state index in [1.165, 1.54) is 23.1 Å². The molecule has 4 rings (SSSR count). The van der Waals surface area contributed by atoms with Crippen molar-refractivity contribution in [2.24, 2.45) is 0 Å². The quantitative estimate of drug-likeness (QED) is 0.518. The van der Waals surface area contributed by atoms with Crippen LogP contribution in [0.1, 0.15) is 41.8 Å². The summed E-state index contributed by atoms with van der Waals surface area (Å²) in [6.07, 6.45) is 0. The molecule has 0 radical (unpaired) electrons. The van der Waals surface area contributed by atoms with E-state index in [1.54, 1.807) is 35.7 Å². The number of fused-ring (bicyclic) bond motifs is 2. The Morgan fingerprint density at radius 2 is 1.88 bits per heavy atom. The van der Waals surface area contributed by atoms with Crippen LogP contribution in [0.5, 0.6) is 0 Å². The highest BCUT2D eigenvalue weighted by atomic mass is 32.1. The van der Waals surface area contributed by atoms with Crippen molar-refractivity contribution in [3.05, 3.63) is 63.1 Å². The van der Waals surface area contributed by atoms with Crippen LogP contribution in [0.15, 0.2) is 35.7 Å². The smallest absolute Gasteiger partial charge is 0.337 e. The summed E-state index contributed by atoms with van der Waals surface area (Å²) >= 11 is 1.21. The van der Waals surface area contributed by atoms with Crippen LogP contribution in [0.4, 0.5) is 0 Å². The maximum absolute atomic E-state index is 12.7. The van der Waals surface area contributed by atoms with Crippen molar-refractivity contribution in [2.75, 3.05) is 7.11 Å². The Bertz CT molecular complexity index is 1000. The molecule has 0 saturated carbocycles. The molecule has 8 heteroatoms. The predicted molar refractivity (Wildman–Crippen MR) is 83.9 cm³/mol. The fourth-order valence-electron chi connectivity index (χ4n) is 2.57. The number of aromatic nitrogens is 3. The van der Waals surface area contributed by atoms with E-state index in [4.69, 9.17) is 0 Å². The van der Waals surface area contributed by atoms with E-state index in [-0.39, 0.29) is 23.0 Å². The molecule has 0 unspecified atom stereocenters. The van der Waals surface area contributed by atoms with Crippen molar-refractivity contribution < 1.29 is 19.1 Å². The van der Waals surface area contributed by atoms with Crippen molar-refractivity contribution in [3.63, 3.8) is 0 Å². The molecule has 2 aromatic heterocycles. The van der Waals surface area contributed by atoms with Crippen LogP contribution >= 0.6 is 11.3 Å². The van der Waals surface area contributed by atoms with Crippen molar-refractivity contribution in [2.45, 2.75) is 0 Å². The highest BCUT2D eigenvalue weighted by Gasteiger charge is 2.36. The molecule has 1 aliphatic rings. The second-order valence-corrected chi connectivity index (χ2v) is 5.97. The molecule has 0 N–H and O–H groups in total. The van der Waals surface area contributed by atoms with Gasteiger partial charge < -0.3 is 4.74 Å². The van der Waals surface area contributed by atoms with Crippen LogP contribution in [0.3, 0.4) is 0 Å². The molecule has 0 spiro atoms. The van der Waals surface area contributed by atoms with Gasteiger partial charge in [-0.15, -0.1) is 16.4 Å². The molecule has 0 aliphatic heterocycles. The number of ether oxygens (including phenoxy) is 1. The lowest BCUT2D eigenvalue weighted by Crippen LogP contribution is -2.21. The standard InChI is InChI=1S/C16H9N3O4S/c1-23-16(22)8-2-4-9(5-3-8)19-12-11(17-18-19)14(21)15-10(13(12)20)6-7-24-15/h2-7H,1H3. The number of hydrogen-bond donors (Lipinski definition) is 0. The zero-order chi connectivity index (χ0) is 16.8. The van der Waals surface area contributed by atoms with E-state index in [0.717, 1.165) is 0 Å². The minimum absolute atomic E-state index is 0.0481. The Morgan fingerprint density at radius 3 is 2.58 bits per heavy atom. The lowest BCUT2D eigenvalue weighted by Gasteiger charge is -2.11. The van der Waals surface area contributed by atoms with Gasteiger partial charge in [0.25, 0.3) is 0 Å². The van der Waals surface area contributed by atoms with Gasteiger partial charge in [0, 0.05) is 5.56 Å². The van der Waals surface area contributed by atoms with Crippen molar-refractivity contribution >= 4 is 28.9 Å². The first-order valence-electron chi connectivity index (χ1n) is 6.93. The maximum Gasteiger partial charge on any atom is 0.337 e. The van der Waals surface area contributed by atoms with Crippen LogP contribution in [-0.4, -0.2) is 39.6 Å². The van der Waals surface area contributed by atoms with Gasteiger partial charge >= 0.3 is 5.97 Å². The van der Waals surface area contributed by atoms with Crippen molar-refractivity contribution in [3.8, 4) is 5.69 Å². The molecular weight excluding hydrogens is 330 g/mol. The predicted octanol–water partition coefficient (Wildman–Crippen LogP) is 1.89. The number of hydrogen-bond acceptors (Lipinski definition) is 7. The van der Waals surface area contributed by atoms with E-state index in [1.807, 2.05) is 0 Å². The molecule has 0 amide bonds. The molecule has 2 heterocycles. The summed E-state index contributed by atoms with van der Waals surface area (Å²) in [6, 6.07) is 7.96. The lowest BCUT2D eigenvalue weighted by molar-refractivity contribution is 0.0600. The number of carbonyl (C=O) groups excluding carboxylic acids is 3. The summed E-state index contributed by atoms with van der Waals surface area (Å²) in [7, 11) is 1.30. The molecule has 24 heavy (non-hydrogen) atoms. The van der Waals surface area contributed by atoms with Crippen molar-refractivity contribution in [1.82, 2.24) is 15.0 Å². The van der Waals surface area contributed by atoms with Crippen LogP contribution in [0.2, 0.25) is 0 Å². The minimum Gasteiger partial charge on any atom is -0.465 e. The van der Waals surface area contributed by atoms with E-state index < -0.39 is 5.97 Å². The SMILES string of the molecule is COC(=O)c1ccc(-n2nnc3c2C(=O)c2ccsc2C3=O)cc1. The number of thiophene rings is 1. The highest BCUT2D eigenvalue weighted by Crippen LogP contribution is 2.30. The van der Waals surface area contributed by atoms with E-state index >= 15 is 0 Å². The monoisotopic (exact) mass is 339 g/mol. The Hall–Kier alpha value is -3.13. The number of ketones is 2. The van der Waals surface area contributed by atoms with Gasteiger partial charge in [0.15, 0.2) is 5.69 Å². The second-order valence-electron chi connectivity index (χ2n) is 5.06. The van der Waals surface area contributed by atoms with E-state index in [0.29, 0.717) is 21.7 Å². The fourth-order valence-corrected chi connectivity index (χ4v) is 3.41. The van der Waals surface area contributed by atoms with Crippen molar-refractivity contribution in [1.29, 1.82) is 0 Å². The number of nitrogens with zero attached hydrogens (tertiary/aromatic N) is 3. The molecule has 7 nitrogen and oxygen atoms in total. The van der Waals surface area contributed by atoms with Gasteiger partial charge in [-0.2, -0.15) is 0 Å². The summed E-state index contributed by atoms with van der Waals surface area (Å²) in [4.78, 5) is 37.0. The average Bonchev–Trinajstić information content (AvgIpc) is 3.26. The average molecular weight is 339 g/mol. The molecule has 1 aliphatic carbocycles. The number of esters is 1. The number of benzene rings is 1. The molecule has 118 valence electrons. The molecule has 0 bridgehead atoms. The third-order valence-corrected chi connectivity index (χ3v) is 4.66. The minimum atomic E-state index is -0.462. The van der Waals surface area contributed by atoms with Gasteiger partial charge in [-0.05, 0) is 35.7 Å². The zero-order valence-corrected chi connectivity index (χ0v) is 13.2. The first kappa shape index (κ1) is 14.5. The Kier molecular flexibility index (Phi) is 3.14. The fraction of sp³-hybridized carbons (Fsp3) is 0.0625. The first-order valence-corrected chi connectivity index (χ1v) is 7.81. The first-order chi connectivity index (χ1) is 11.6. The lowest BCUT2D eigenvalue weighted by atomic mass is 9.97.